The van der Waals surface area contributed by atoms with Gasteiger partial charge in [0, 0.05) is 19.1 Å². The van der Waals surface area contributed by atoms with Crippen LogP contribution < -0.4 is 10.2 Å². The van der Waals surface area contributed by atoms with Crippen LogP contribution in [0.1, 0.15) is 44.6 Å². The molecule has 1 fully saturated rings. The van der Waals surface area contributed by atoms with Crippen molar-refractivity contribution >= 4 is 17.3 Å². The molecule has 1 atom stereocenters. The molecule has 0 bridgehead atoms. The second-order valence-corrected chi connectivity index (χ2v) is 5.85. The highest BCUT2D eigenvalue weighted by atomic mass is 35.5. The van der Waals surface area contributed by atoms with Crippen LogP contribution in [0.15, 0.2) is 18.2 Å². The van der Waals surface area contributed by atoms with Crippen LogP contribution in [0.25, 0.3) is 0 Å². The Morgan fingerprint density at radius 2 is 2.21 bits per heavy atom. The fourth-order valence-electron chi connectivity index (χ4n) is 3.05. The first-order valence-electron chi connectivity index (χ1n) is 7.46. The number of benzene rings is 1. The first kappa shape index (κ1) is 14.7. The summed E-state index contributed by atoms with van der Waals surface area (Å²) in [6, 6.07) is 7.16. The maximum atomic E-state index is 6.49. The predicted molar refractivity (Wildman–Crippen MR) is 84.1 cm³/mol. The number of anilines is 1. The maximum absolute atomic E-state index is 6.49. The Bertz CT molecular complexity index is 404. The van der Waals surface area contributed by atoms with Crippen LogP contribution in [-0.2, 0) is 6.54 Å². The fourth-order valence-corrected chi connectivity index (χ4v) is 3.36. The summed E-state index contributed by atoms with van der Waals surface area (Å²) < 4.78 is 0. The van der Waals surface area contributed by atoms with E-state index in [4.69, 9.17) is 11.6 Å². The summed E-state index contributed by atoms with van der Waals surface area (Å²) in [5.41, 5.74) is 2.47. The topological polar surface area (TPSA) is 15.3 Å². The molecule has 1 aromatic rings. The molecule has 1 heterocycles. The van der Waals surface area contributed by atoms with Crippen LogP contribution in [0.4, 0.5) is 5.69 Å². The van der Waals surface area contributed by atoms with Crippen molar-refractivity contribution in [3.8, 4) is 0 Å². The van der Waals surface area contributed by atoms with Gasteiger partial charge in [0.25, 0.3) is 0 Å². The zero-order chi connectivity index (χ0) is 13.7. The Labute approximate surface area is 122 Å². The molecule has 2 rings (SSSR count). The van der Waals surface area contributed by atoms with Crippen molar-refractivity contribution < 1.29 is 0 Å². The van der Waals surface area contributed by atoms with E-state index < -0.39 is 0 Å². The third-order valence-corrected chi connectivity index (χ3v) is 4.25. The molecule has 0 saturated carbocycles. The van der Waals surface area contributed by atoms with E-state index >= 15 is 0 Å². The molecule has 0 amide bonds. The van der Waals surface area contributed by atoms with Gasteiger partial charge in [-0.3, -0.25) is 0 Å². The first-order valence-corrected chi connectivity index (χ1v) is 7.83. The van der Waals surface area contributed by atoms with Crippen LogP contribution in [0.3, 0.4) is 0 Å². The second kappa shape index (κ2) is 7.16. The summed E-state index contributed by atoms with van der Waals surface area (Å²) in [5, 5.41) is 4.07. The van der Waals surface area contributed by atoms with Crippen molar-refractivity contribution in [1.82, 2.24) is 5.32 Å². The summed E-state index contributed by atoms with van der Waals surface area (Å²) in [7, 11) is 1.96. The SMILES string of the molecule is CCCC1CCCCN1c1ccc(CNC)cc1Cl. The van der Waals surface area contributed by atoms with Gasteiger partial charge in [0.1, 0.15) is 0 Å². The van der Waals surface area contributed by atoms with E-state index in [2.05, 4.69) is 35.3 Å². The van der Waals surface area contributed by atoms with Crippen molar-refractivity contribution in [2.24, 2.45) is 0 Å². The standard InChI is InChI=1S/C16H25ClN2/c1-3-6-14-7-4-5-10-19(14)16-9-8-13(12-18-2)11-15(16)17/h8-9,11,14,18H,3-7,10,12H2,1-2H3. The number of rotatable bonds is 5. The van der Waals surface area contributed by atoms with E-state index in [9.17, 15) is 0 Å². The molecule has 0 spiro atoms. The summed E-state index contributed by atoms with van der Waals surface area (Å²) in [5.74, 6) is 0. The second-order valence-electron chi connectivity index (χ2n) is 5.45. The monoisotopic (exact) mass is 280 g/mol. The number of nitrogens with one attached hydrogen (secondary N) is 1. The van der Waals surface area contributed by atoms with E-state index in [0.717, 1.165) is 18.1 Å². The largest absolute Gasteiger partial charge is 0.367 e. The van der Waals surface area contributed by atoms with E-state index in [0.29, 0.717) is 6.04 Å². The number of piperidine rings is 1. The Morgan fingerprint density at radius 1 is 1.37 bits per heavy atom. The van der Waals surface area contributed by atoms with E-state index in [1.54, 1.807) is 0 Å². The number of hydrogen-bond donors (Lipinski definition) is 1. The quantitative estimate of drug-likeness (QED) is 0.869. The number of hydrogen-bond acceptors (Lipinski definition) is 2. The van der Waals surface area contributed by atoms with Crippen LogP contribution in [-0.4, -0.2) is 19.6 Å². The van der Waals surface area contributed by atoms with Crippen LogP contribution in [0.2, 0.25) is 5.02 Å². The third-order valence-electron chi connectivity index (χ3n) is 3.95. The van der Waals surface area contributed by atoms with E-state index in [1.165, 1.54) is 43.4 Å². The molecule has 0 aromatic heterocycles. The van der Waals surface area contributed by atoms with Gasteiger partial charge < -0.3 is 10.2 Å². The minimum atomic E-state index is 0.673. The van der Waals surface area contributed by atoms with Gasteiger partial charge in [0.15, 0.2) is 0 Å². The van der Waals surface area contributed by atoms with Gasteiger partial charge in [-0.05, 0) is 50.4 Å². The molecular weight excluding hydrogens is 256 g/mol. The zero-order valence-electron chi connectivity index (χ0n) is 12.1. The lowest BCUT2D eigenvalue weighted by Crippen LogP contribution is -2.39. The van der Waals surface area contributed by atoms with Crippen molar-refractivity contribution in [3.63, 3.8) is 0 Å². The van der Waals surface area contributed by atoms with Crippen LogP contribution in [0.5, 0.6) is 0 Å². The molecular formula is C16H25ClN2. The van der Waals surface area contributed by atoms with Crippen molar-refractivity contribution in [1.29, 1.82) is 0 Å². The zero-order valence-corrected chi connectivity index (χ0v) is 12.8. The molecule has 1 aliphatic rings. The van der Waals surface area contributed by atoms with Gasteiger partial charge >= 0.3 is 0 Å². The average Bonchev–Trinajstić information content (AvgIpc) is 2.41. The van der Waals surface area contributed by atoms with Gasteiger partial charge in [0.2, 0.25) is 0 Å². The van der Waals surface area contributed by atoms with Crippen molar-refractivity contribution in [2.45, 2.75) is 51.6 Å². The fraction of sp³-hybridized carbons (Fsp3) is 0.625. The minimum absolute atomic E-state index is 0.673. The van der Waals surface area contributed by atoms with Gasteiger partial charge in [-0.15, -0.1) is 0 Å². The summed E-state index contributed by atoms with van der Waals surface area (Å²) in [6.07, 6.45) is 6.47. The highest BCUT2D eigenvalue weighted by molar-refractivity contribution is 6.33. The normalized spacial score (nSPS) is 19.7. The van der Waals surface area contributed by atoms with Crippen molar-refractivity contribution in [3.05, 3.63) is 28.8 Å². The Balaban J connectivity index is 2.18. The van der Waals surface area contributed by atoms with Gasteiger partial charge in [-0.1, -0.05) is 31.0 Å². The van der Waals surface area contributed by atoms with E-state index in [1.807, 2.05) is 7.05 Å². The molecule has 1 saturated heterocycles. The molecule has 106 valence electrons. The lowest BCUT2D eigenvalue weighted by molar-refractivity contribution is 0.435. The lowest BCUT2D eigenvalue weighted by Gasteiger charge is -2.38. The number of nitrogens with zero attached hydrogens (tertiary/aromatic N) is 1. The molecule has 0 radical (unpaired) electrons. The molecule has 2 nitrogen and oxygen atoms in total. The lowest BCUT2D eigenvalue weighted by atomic mass is 9.97. The van der Waals surface area contributed by atoms with Gasteiger partial charge in [-0.25, -0.2) is 0 Å². The smallest absolute Gasteiger partial charge is 0.0642 e. The predicted octanol–water partition coefficient (Wildman–Crippen LogP) is 4.22. The van der Waals surface area contributed by atoms with E-state index in [-0.39, 0.29) is 0 Å². The van der Waals surface area contributed by atoms with Crippen molar-refractivity contribution in [2.75, 3.05) is 18.5 Å². The Kier molecular flexibility index (Phi) is 5.53. The molecule has 1 unspecified atom stereocenters. The summed E-state index contributed by atoms with van der Waals surface area (Å²) in [4.78, 5) is 2.53. The van der Waals surface area contributed by atoms with Crippen LogP contribution in [0, 0.1) is 0 Å². The first-order chi connectivity index (χ1) is 9.26. The Hall–Kier alpha value is -0.730. The molecule has 3 heteroatoms. The molecule has 1 aliphatic heterocycles. The Morgan fingerprint density at radius 3 is 2.89 bits per heavy atom. The molecule has 1 aromatic carbocycles. The van der Waals surface area contributed by atoms with Gasteiger partial charge in [0.05, 0.1) is 10.7 Å². The highest BCUT2D eigenvalue weighted by Crippen LogP contribution is 2.33. The number of halogens is 1. The summed E-state index contributed by atoms with van der Waals surface area (Å²) in [6.45, 7) is 4.29. The average molecular weight is 281 g/mol. The third kappa shape index (κ3) is 3.64. The maximum Gasteiger partial charge on any atom is 0.0642 e. The molecule has 0 aliphatic carbocycles. The molecule has 19 heavy (non-hydrogen) atoms. The highest BCUT2D eigenvalue weighted by Gasteiger charge is 2.23. The minimum Gasteiger partial charge on any atom is -0.367 e. The molecule has 1 N–H and O–H groups in total. The van der Waals surface area contributed by atoms with Crippen LogP contribution >= 0.6 is 11.6 Å². The summed E-state index contributed by atoms with van der Waals surface area (Å²) >= 11 is 6.49. The van der Waals surface area contributed by atoms with Gasteiger partial charge in [-0.2, -0.15) is 0 Å².